The second kappa shape index (κ2) is 10.3. The SMILES string of the molecule is CN(CCNC(=O)c1csc(CN)n1)C1CCCC1.Cl.Cl. The summed E-state index contributed by atoms with van der Waals surface area (Å²) in [6.45, 7) is 1.95. The van der Waals surface area contributed by atoms with Crippen molar-refractivity contribution < 1.29 is 4.79 Å². The number of nitrogens with two attached hydrogens (primary N) is 1. The first kappa shape index (κ1) is 20.6. The second-order valence-corrected chi connectivity index (χ2v) is 5.95. The Balaban J connectivity index is 0.00000200. The van der Waals surface area contributed by atoms with Gasteiger partial charge in [0.15, 0.2) is 0 Å². The number of carbonyl (C=O) groups excluding carboxylic acids is 1. The highest BCUT2D eigenvalue weighted by Gasteiger charge is 2.19. The lowest BCUT2D eigenvalue weighted by molar-refractivity contribution is 0.0942. The zero-order valence-electron chi connectivity index (χ0n) is 12.2. The van der Waals surface area contributed by atoms with Gasteiger partial charge >= 0.3 is 0 Å². The minimum absolute atomic E-state index is 0. The molecule has 5 nitrogen and oxygen atoms in total. The third-order valence-electron chi connectivity index (χ3n) is 3.66. The molecule has 0 spiro atoms. The smallest absolute Gasteiger partial charge is 0.270 e. The zero-order valence-corrected chi connectivity index (χ0v) is 14.7. The highest BCUT2D eigenvalue weighted by atomic mass is 35.5. The van der Waals surface area contributed by atoms with E-state index >= 15 is 0 Å². The summed E-state index contributed by atoms with van der Waals surface area (Å²) in [4.78, 5) is 18.4. The fourth-order valence-corrected chi connectivity index (χ4v) is 3.13. The molecule has 0 unspecified atom stereocenters. The number of carbonyl (C=O) groups is 1. The fraction of sp³-hybridized carbons (Fsp3) is 0.692. The van der Waals surface area contributed by atoms with E-state index in [-0.39, 0.29) is 30.7 Å². The largest absolute Gasteiger partial charge is 0.349 e. The van der Waals surface area contributed by atoms with Crippen molar-refractivity contribution in [3.8, 4) is 0 Å². The van der Waals surface area contributed by atoms with Crippen molar-refractivity contribution in [2.75, 3.05) is 20.1 Å². The van der Waals surface area contributed by atoms with Gasteiger partial charge in [-0.3, -0.25) is 4.79 Å². The first-order chi connectivity index (χ1) is 9.20. The summed E-state index contributed by atoms with van der Waals surface area (Å²) in [6.07, 6.45) is 5.25. The number of hydrogen-bond acceptors (Lipinski definition) is 5. The second-order valence-electron chi connectivity index (χ2n) is 5.01. The number of thiazole rings is 1. The molecule has 122 valence electrons. The maximum absolute atomic E-state index is 11.9. The summed E-state index contributed by atoms with van der Waals surface area (Å²) in [6, 6.07) is 0.694. The summed E-state index contributed by atoms with van der Waals surface area (Å²) >= 11 is 1.43. The average molecular weight is 355 g/mol. The Bertz CT molecular complexity index is 424. The molecule has 1 amide bonds. The molecule has 2 rings (SSSR count). The van der Waals surface area contributed by atoms with Crippen LogP contribution < -0.4 is 11.1 Å². The first-order valence-corrected chi connectivity index (χ1v) is 7.71. The van der Waals surface area contributed by atoms with Crippen LogP contribution in [0.2, 0.25) is 0 Å². The number of hydrogen-bond donors (Lipinski definition) is 2. The number of aromatic nitrogens is 1. The monoisotopic (exact) mass is 354 g/mol. The lowest BCUT2D eigenvalue weighted by Gasteiger charge is -2.23. The molecule has 1 fully saturated rings. The van der Waals surface area contributed by atoms with Gasteiger partial charge in [-0.1, -0.05) is 12.8 Å². The number of nitrogens with zero attached hydrogens (tertiary/aromatic N) is 2. The van der Waals surface area contributed by atoms with Crippen molar-refractivity contribution in [1.29, 1.82) is 0 Å². The van der Waals surface area contributed by atoms with Crippen molar-refractivity contribution in [3.63, 3.8) is 0 Å². The number of rotatable bonds is 6. The molecular weight excluding hydrogens is 331 g/mol. The number of likely N-dealkylation sites (N-methyl/N-ethyl adjacent to an activating group) is 1. The van der Waals surface area contributed by atoms with Crippen LogP contribution in [0.3, 0.4) is 0 Å². The van der Waals surface area contributed by atoms with Gasteiger partial charge < -0.3 is 16.0 Å². The van der Waals surface area contributed by atoms with Gasteiger partial charge in [-0.25, -0.2) is 4.98 Å². The van der Waals surface area contributed by atoms with Crippen LogP contribution in [0.5, 0.6) is 0 Å². The third kappa shape index (κ3) is 6.08. The van der Waals surface area contributed by atoms with Crippen LogP contribution in [0.15, 0.2) is 5.38 Å². The fourth-order valence-electron chi connectivity index (χ4n) is 2.47. The van der Waals surface area contributed by atoms with Crippen molar-refractivity contribution in [1.82, 2.24) is 15.2 Å². The van der Waals surface area contributed by atoms with Crippen molar-refractivity contribution in [3.05, 3.63) is 16.1 Å². The van der Waals surface area contributed by atoms with Gasteiger partial charge in [-0.05, 0) is 19.9 Å². The molecule has 0 saturated heterocycles. The quantitative estimate of drug-likeness (QED) is 0.819. The Morgan fingerprint density at radius 3 is 2.71 bits per heavy atom. The van der Waals surface area contributed by atoms with E-state index in [4.69, 9.17) is 5.73 Å². The Morgan fingerprint density at radius 2 is 2.14 bits per heavy atom. The lowest BCUT2D eigenvalue weighted by atomic mass is 10.2. The lowest BCUT2D eigenvalue weighted by Crippen LogP contribution is -2.37. The van der Waals surface area contributed by atoms with Crippen LogP contribution in [-0.2, 0) is 6.54 Å². The van der Waals surface area contributed by atoms with E-state index in [1.54, 1.807) is 5.38 Å². The third-order valence-corrected chi connectivity index (χ3v) is 4.53. The van der Waals surface area contributed by atoms with Gasteiger partial charge in [0.2, 0.25) is 0 Å². The highest BCUT2D eigenvalue weighted by molar-refractivity contribution is 7.09. The summed E-state index contributed by atoms with van der Waals surface area (Å²) < 4.78 is 0. The molecule has 21 heavy (non-hydrogen) atoms. The van der Waals surface area contributed by atoms with Crippen LogP contribution in [0, 0.1) is 0 Å². The number of halogens is 2. The molecule has 0 atom stereocenters. The molecule has 0 aliphatic heterocycles. The van der Waals surface area contributed by atoms with Crippen LogP contribution >= 0.6 is 36.2 Å². The van der Waals surface area contributed by atoms with Gasteiger partial charge in [0.1, 0.15) is 10.7 Å². The maximum atomic E-state index is 11.9. The van der Waals surface area contributed by atoms with E-state index in [2.05, 4.69) is 22.2 Å². The van der Waals surface area contributed by atoms with Gasteiger partial charge in [0.25, 0.3) is 5.91 Å². The molecular formula is C13H24Cl2N4OS. The molecule has 0 bridgehead atoms. The Hall–Kier alpha value is -0.400. The van der Waals surface area contributed by atoms with E-state index in [0.717, 1.165) is 11.6 Å². The summed E-state index contributed by atoms with van der Waals surface area (Å²) in [5.74, 6) is -0.101. The Labute approximate surface area is 142 Å². The van der Waals surface area contributed by atoms with E-state index in [0.29, 0.717) is 24.8 Å². The number of nitrogens with one attached hydrogen (secondary N) is 1. The van der Waals surface area contributed by atoms with E-state index in [9.17, 15) is 4.79 Å². The number of amides is 1. The van der Waals surface area contributed by atoms with Crippen LogP contribution in [-0.4, -0.2) is 42.0 Å². The normalized spacial score (nSPS) is 14.6. The van der Waals surface area contributed by atoms with Crippen LogP contribution in [0.25, 0.3) is 0 Å². The predicted octanol–water partition coefficient (Wildman–Crippen LogP) is 2.05. The topological polar surface area (TPSA) is 71.2 Å². The summed E-state index contributed by atoms with van der Waals surface area (Å²) in [5.41, 5.74) is 5.96. The molecule has 1 aliphatic rings. The Kier molecular flexibility index (Phi) is 10.1. The average Bonchev–Trinajstić information content (AvgIpc) is 3.09. The molecule has 1 heterocycles. The molecule has 1 aromatic heterocycles. The van der Waals surface area contributed by atoms with Gasteiger partial charge in [0, 0.05) is 31.1 Å². The van der Waals surface area contributed by atoms with Gasteiger partial charge in [-0.15, -0.1) is 36.2 Å². The molecule has 1 saturated carbocycles. The summed E-state index contributed by atoms with van der Waals surface area (Å²) in [5, 5.41) is 5.47. The van der Waals surface area contributed by atoms with E-state index < -0.39 is 0 Å². The standard InChI is InChI=1S/C13H22N4OS.2ClH/c1-17(10-4-2-3-5-10)7-6-15-13(18)11-9-19-12(8-14)16-11;;/h9-10H,2-8,14H2,1H3,(H,15,18);2*1H. The van der Waals surface area contributed by atoms with E-state index in [1.165, 1.54) is 37.0 Å². The van der Waals surface area contributed by atoms with E-state index in [1.807, 2.05) is 0 Å². The van der Waals surface area contributed by atoms with Gasteiger partial charge in [-0.2, -0.15) is 0 Å². The van der Waals surface area contributed by atoms with Crippen LogP contribution in [0.1, 0.15) is 41.2 Å². The summed E-state index contributed by atoms with van der Waals surface area (Å²) in [7, 11) is 2.14. The van der Waals surface area contributed by atoms with Gasteiger partial charge in [0.05, 0.1) is 0 Å². The molecule has 3 N–H and O–H groups in total. The minimum Gasteiger partial charge on any atom is -0.349 e. The molecule has 1 aromatic rings. The first-order valence-electron chi connectivity index (χ1n) is 6.83. The minimum atomic E-state index is -0.101. The molecule has 0 radical (unpaired) electrons. The van der Waals surface area contributed by atoms with Crippen LogP contribution in [0.4, 0.5) is 0 Å². The van der Waals surface area contributed by atoms with Crippen molar-refractivity contribution >= 4 is 42.1 Å². The maximum Gasteiger partial charge on any atom is 0.270 e. The molecule has 8 heteroatoms. The zero-order chi connectivity index (χ0) is 13.7. The predicted molar refractivity (Wildman–Crippen MR) is 91.7 cm³/mol. The molecule has 0 aromatic carbocycles. The molecule has 1 aliphatic carbocycles. The van der Waals surface area contributed by atoms with Crippen molar-refractivity contribution in [2.45, 2.75) is 38.3 Å². The highest BCUT2D eigenvalue weighted by Crippen LogP contribution is 2.21. The van der Waals surface area contributed by atoms with Crippen molar-refractivity contribution in [2.24, 2.45) is 5.73 Å². The Morgan fingerprint density at radius 1 is 1.48 bits per heavy atom.